The van der Waals surface area contributed by atoms with Crippen LogP contribution < -0.4 is 23.8 Å². The Bertz CT molecular complexity index is 1920. The van der Waals surface area contributed by atoms with Gasteiger partial charge in [-0.3, -0.25) is 4.79 Å². The molecule has 2 heterocycles. The number of hydrogen-bond acceptors (Lipinski definition) is 8. The maximum absolute atomic E-state index is 13.7. The van der Waals surface area contributed by atoms with E-state index in [1.54, 1.807) is 28.4 Å². The summed E-state index contributed by atoms with van der Waals surface area (Å²) < 4.78 is 22.1. The van der Waals surface area contributed by atoms with E-state index in [0.29, 0.717) is 64.1 Å². The molecule has 1 aliphatic heterocycles. The molecule has 236 valence electrons. The molecule has 5 aromatic rings. The number of carbonyl (C=O) groups excluding carboxylic acids is 1. The number of methoxy groups -OCH3 is 4. The van der Waals surface area contributed by atoms with Gasteiger partial charge in [-0.25, -0.2) is 9.97 Å². The van der Waals surface area contributed by atoms with E-state index in [4.69, 9.17) is 28.9 Å². The predicted molar refractivity (Wildman–Crippen MR) is 181 cm³/mol. The Balaban J connectivity index is 1.36. The number of benzene rings is 4. The van der Waals surface area contributed by atoms with E-state index in [0.717, 1.165) is 24.2 Å². The Kier molecular flexibility index (Phi) is 8.66. The first kappa shape index (κ1) is 30.7. The quantitative estimate of drug-likeness (QED) is 0.193. The molecular weight excluding hydrogens is 580 g/mol. The van der Waals surface area contributed by atoms with Crippen molar-refractivity contribution < 1.29 is 23.7 Å². The van der Waals surface area contributed by atoms with E-state index in [2.05, 4.69) is 36.9 Å². The SMILES string of the molecule is COc1ccc(-c2nc3ccc(C(=O)N4CCN(c5cc(C)ccc5C)CC4)cc3nc2-c2ccc(OC)c(OC)c2)cc1OC. The van der Waals surface area contributed by atoms with Crippen LogP contribution in [0.2, 0.25) is 0 Å². The second kappa shape index (κ2) is 13.0. The van der Waals surface area contributed by atoms with Crippen LogP contribution in [0.3, 0.4) is 0 Å². The molecule has 9 nitrogen and oxygen atoms in total. The van der Waals surface area contributed by atoms with Crippen molar-refractivity contribution in [2.75, 3.05) is 59.5 Å². The summed E-state index contributed by atoms with van der Waals surface area (Å²) in [5.74, 6) is 2.37. The first-order valence-corrected chi connectivity index (χ1v) is 15.2. The van der Waals surface area contributed by atoms with E-state index < -0.39 is 0 Å². The van der Waals surface area contributed by atoms with Crippen LogP contribution in [-0.2, 0) is 0 Å². The molecule has 1 aromatic heterocycles. The fraction of sp³-hybridized carbons (Fsp3) is 0.270. The molecule has 0 bridgehead atoms. The van der Waals surface area contributed by atoms with Crippen molar-refractivity contribution in [3.63, 3.8) is 0 Å². The molecule has 0 atom stereocenters. The number of carbonyl (C=O) groups is 1. The van der Waals surface area contributed by atoms with Crippen LogP contribution in [0.25, 0.3) is 33.5 Å². The molecule has 4 aromatic carbocycles. The number of piperazine rings is 1. The van der Waals surface area contributed by atoms with E-state index in [1.807, 2.05) is 59.5 Å². The monoisotopic (exact) mass is 618 g/mol. The highest BCUT2D eigenvalue weighted by Crippen LogP contribution is 2.39. The highest BCUT2D eigenvalue weighted by atomic mass is 16.5. The van der Waals surface area contributed by atoms with E-state index in [-0.39, 0.29) is 5.91 Å². The van der Waals surface area contributed by atoms with E-state index in [9.17, 15) is 4.79 Å². The van der Waals surface area contributed by atoms with Crippen LogP contribution in [0.1, 0.15) is 21.5 Å². The number of aromatic nitrogens is 2. The molecule has 1 aliphatic rings. The lowest BCUT2D eigenvalue weighted by Crippen LogP contribution is -2.49. The van der Waals surface area contributed by atoms with Crippen LogP contribution in [0, 0.1) is 13.8 Å². The first-order valence-electron chi connectivity index (χ1n) is 15.2. The van der Waals surface area contributed by atoms with Crippen LogP contribution in [0.15, 0.2) is 72.8 Å². The molecule has 0 spiro atoms. The molecular formula is C37H38N4O5. The largest absolute Gasteiger partial charge is 0.493 e. The van der Waals surface area contributed by atoms with E-state index >= 15 is 0 Å². The molecule has 0 unspecified atom stereocenters. The highest BCUT2D eigenvalue weighted by molar-refractivity contribution is 5.98. The van der Waals surface area contributed by atoms with E-state index in [1.165, 1.54) is 16.8 Å². The van der Waals surface area contributed by atoms with Gasteiger partial charge in [-0.15, -0.1) is 0 Å². The fourth-order valence-electron chi connectivity index (χ4n) is 5.95. The molecule has 1 amide bonds. The Morgan fingerprint density at radius 3 is 1.74 bits per heavy atom. The summed E-state index contributed by atoms with van der Waals surface area (Å²) in [6.07, 6.45) is 0. The van der Waals surface area contributed by atoms with Gasteiger partial charge in [-0.2, -0.15) is 0 Å². The van der Waals surface area contributed by atoms with Gasteiger partial charge >= 0.3 is 0 Å². The number of fused-ring (bicyclic) bond motifs is 1. The van der Waals surface area contributed by atoms with Crippen molar-refractivity contribution in [3.05, 3.63) is 89.5 Å². The average molecular weight is 619 g/mol. The van der Waals surface area contributed by atoms with Gasteiger partial charge in [0, 0.05) is 48.6 Å². The zero-order chi connectivity index (χ0) is 32.4. The highest BCUT2D eigenvalue weighted by Gasteiger charge is 2.24. The van der Waals surface area contributed by atoms with Crippen LogP contribution >= 0.6 is 0 Å². The zero-order valence-corrected chi connectivity index (χ0v) is 27.1. The smallest absolute Gasteiger partial charge is 0.254 e. The first-order chi connectivity index (χ1) is 22.3. The summed E-state index contributed by atoms with van der Waals surface area (Å²) in [5.41, 5.74) is 8.47. The minimum absolute atomic E-state index is 0.0130. The minimum Gasteiger partial charge on any atom is -0.493 e. The average Bonchev–Trinajstić information content (AvgIpc) is 3.10. The number of nitrogens with zero attached hydrogens (tertiary/aromatic N) is 4. The Hall–Kier alpha value is -5.31. The molecule has 0 N–H and O–H groups in total. The molecule has 1 fully saturated rings. The topological polar surface area (TPSA) is 86.3 Å². The third-order valence-electron chi connectivity index (χ3n) is 8.50. The summed E-state index contributed by atoms with van der Waals surface area (Å²) in [6.45, 7) is 7.09. The van der Waals surface area contributed by atoms with Crippen molar-refractivity contribution in [1.82, 2.24) is 14.9 Å². The van der Waals surface area contributed by atoms with Crippen molar-refractivity contribution >= 4 is 22.6 Å². The lowest BCUT2D eigenvalue weighted by molar-refractivity contribution is 0.0747. The van der Waals surface area contributed by atoms with Gasteiger partial charge < -0.3 is 28.7 Å². The lowest BCUT2D eigenvalue weighted by atomic mass is 10.0. The predicted octanol–water partition coefficient (Wildman–Crippen LogP) is 6.58. The second-order valence-corrected chi connectivity index (χ2v) is 11.3. The van der Waals surface area contributed by atoms with Crippen molar-refractivity contribution in [3.8, 4) is 45.5 Å². The third kappa shape index (κ3) is 5.88. The van der Waals surface area contributed by atoms with Crippen molar-refractivity contribution in [2.45, 2.75) is 13.8 Å². The number of hydrogen-bond donors (Lipinski definition) is 0. The number of anilines is 1. The van der Waals surface area contributed by atoms with Crippen LogP contribution in [0.5, 0.6) is 23.0 Å². The summed E-state index contributed by atoms with van der Waals surface area (Å²) in [7, 11) is 6.41. The molecule has 0 aliphatic carbocycles. The Labute approximate surface area is 269 Å². The summed E-state index contributed by atoms with van der Waals surface area (Å²) in [4.78, 5) is 28.2. The second-order valence-electron chi connectivity index (χ2n) is 11.3. The summed E-state index contributed by atoms with van der Waals surface area (Å²) in [6, 6.07) is 23.4. The van der Waals surface area contributed by atoms with Gasteiger partial charge in [-0.05, 0) is 85.6 Å². The third-order valence-corrected chi connectivity index (χ3v) is 8.50. The summed E-state index contributed by atoms with van der Waals surface area (Å²) >= 11 is 0. The normalized spacial score (nSPS) is 13.1. The van der Waals surface area contributed by atoms with Crippen LogP contribution in [0.4, 0.5) is 5.69 Å². The van der Waals surface area contributed by atoms with Crippen molar-refractivity contribution in [1.29, 1.82) is 0 Å². The van der Waals surface area contributed by atoms with Gasteiger partial charge in [-0.1, -0.05) is 12.1 Å². The van der Waals surface area contributed by atoms with Gasteiger partial charge in [0.15, 0.2) is 23.0 Å². The number of ether oxygens (including phenoxy) is 4. The molecule has 46 heavy (non-hydrogen) atoms. The van der Waals surface area contributed by atoms with Crippen molar-refractivity contribution in [2.24, 2.45) is 0 Å². The molecule has 1 saturated heterocycles. The molecule has 0 radical (unpaired) electrons. The minimum atomic E-state index is -0.0130. The Morgan fingerprint density at radius 2 is 1.17 bits per heavy atom. The number of amides is 1. The van der Waals surface area contributed by atoms with Gasteiger partial charge in [0.2, 0.25) is 0 Å². The molecule has 6 rings (SSSR count). The molecule has 0 saturated carbocycles. The van der Waals surface area contributed by atoms with Gasteiger partial charge in [0.05, 0.1) is 50.9 Å². The number of rotatable bonds is 8. The van der Waals surface area contributed by atoms with Gasteiger partial charge in [0.25, 0.3) is 5.91 Å². The summed E-state index contributed by atoms with van der Waals surface area (Å²) in [5, 5.41) is 0. The maximum Gasteiger partial charge on any atom is 0.254 e. The fourth-order valence-corrected chi connectivity index (χ4v) is 5.95. The van der Waals surface area contributed by atoms with Crippen LogP contribution in [-0.4, -0.2) is 75.4 Å². The number of aryl methyl sites for hydroxylation is 2. The maximum atomic E-state index is 13.7. The lowest BCUT2D eigenvalue weighted by Gasteiger charge is -2.37. The zero-order valence-electron chi connectivity index (χ0n) is 27.1. The Morgan fingerprint density at radius 1 is 0.609 bits per heavy atom. The standard InChI is InChI=1S/C37H38N4O5/c1-23-7-8-24(2)30(19-23)40-15-17-41(18-16-40)37(42)27-9-12-28-29(20-27)39-36(26-11-14-32(44-4)34(22-26)46-6)35(38-28)25-10-13-31(43-3)33(21-25)45-5/h7-14,19-22H,15-18H2,1-6H3. The van der Waals surface area contributed by atoms with Gasteiger partial charge in [0.1, 0.15) is 0 Å². The molecule has 9 heteroatoms.